The summed E-state index contributed by atoms with van der Waals surface area (Å²) in [7, 11) is 0. The molecule has 1 rings (SSSR count). The highest BCUT2D eigenvalue weighted by Crippen LogP contribution is 2.29. The minimum atomic E-state index is -0.671. The van der Waals surface area contributed by atoms with Gasteiger partial charge in [0.1, 0.15) is 11.7 Å². The van der Waals surface area contributed by atoms with Gasteiger partial charge in [0.15, 0.2) is 5.78 Å². The van der Waals surface area contributed by atoms with Crippen molar-refractivity contribution in [2.24, 2.45) is 0 Å². The molecule has 0 aliphatic rings. The molecule has 0 aromatic carbocycles. The lowest BCUT2D eigenvalue weighted by Gasteiger charge is -1.93. The number of thiophene rings is 1. The number of carbonyl (C=O) groups excluding carboxylic acids is 2. The van der Waals surface area contributed by atoms with E-state index in [0.29, 0.717) is 16.7 Å². The van der Waals surface area contributed by atoms with Crippen molar-refractivity contribution < 1.29 is 9.59 Å². The van der Waals surface area contributed by atoms with E-state index in [1.807, 2.05) is 6.92 Å². The summed E-state index contributed by atoms with van der Waals surface area (Å²) >= 11 is 12.5. The van der Waals surface area contributed by atoms with Crippen LogP contribution in [0.25, 0.3) is 0 Å². The van der Waals surface area contributed by atoms with E-state index in [1.54, 1.807) is 6.07 Å². The van der Waals surface area contributed by atoms with Crippen LogP contribution in [-0.2, 0) is 4.79 Å². The third kappa shape index (κ3) is 2.35. The van der Waals surface area contributed by atoms with Gasteiger partial charge in [-0.15, -0.1) is 34.5 Å². The Balaban J connectivity index is 3.04. The predicted molar refractivity (Wildman–Crippen MR) is 58.8 cm³/mol. The van der Waals surface area contributed by atoms with Crippen LogP contribution in [0.1, 0.15) is 25.5 Å². The molecule has 0 fully saturated rings. The Morgan fingerprint density at radius 3 is 2.86 bits per heavy atom. The molecule has 1 atom stereocenters. The molecule has 1 heterocycles. The lowest BCUT2D eigenvalue weighted by molar-refractivity contribution is -0.107. The molecule has 0 bridgehead atoms. The number of aryl methyl sites for hydroxylation is 1. The van der Waals surface area contributed by atoms with E-state index < -0.39 is 5.38 Å². The van der Waals surface area contributed by atoms with E-state index in [0.717, 1.165) is 4.88 Å². The number of rotatable bonds is 4. The maximum absolute atomic E-state index is 11.3. The van der Waals surface area contributed by atoms with Crippen LogP contribution >= 0.6 is 34.5 Å². The van der Waals surface area contributed by atoms with Crippen LogP contribution in [0, 0.1) is 6.92 Å². The minimum Gasteiger partial charge on any atom is -0.301 e. The second-order valence-electron chi connectivity index (χ2n) is 2.71. The maximum Gasteiger partial charge on any atom is 0.178 e. The van der Waals surface area contributed by atoms with E-state index in [-0.39, 0.29) is 11.7 Å². The first-order chi connectivity index (χ1) is 6.60. The number of alkyl halides is 2. The molecule has 0 spiro atoms. The summed E-state index contributed by atoms with van der Waals surface area (Å²) < 4.78 is 0. The van der Waals surface area contributed by atoms with Crippen LogP contribution < -0.4 is 0 Å². The summed E-state index contributed by atoms with van der Waals surface area (Å²) in [6, 6.07) is 1.64. The fourth-order valence-corrected chi connectivity index (χ4v) is 2.38. The Bertz CT molecular complexity index is 360. The highest BCUT2D eigenvalue weighted by molar-refractivity contribution is 7.12. The second kappa shape index (κ2) is 4.91. The first-order valence-electron chi connectivity index (χ1n) is 3.89. The average molecular weight is 251 g/mol. The Kier molecular flexibility index (Phi) is 4.11. The summed E-state index contributed by atoms with van der Waals surface area (Å²) in [5.74, 6) is -0.188. The van der Waals surface area contributed by atoms with E-state index in [1.165, 1.54) is 11.3 Å². The Morgan fingerprint density at radius 2 is 2.36 bits per heavy atom. The van der Waals surface area contributed by atoms with Gasteiger partial charge in [-0.2, -0.15) is 0 Å². The summed E-state index contributed by atoms with van der Waals surface area (Å²) in [5.41, 5.74) is 0.563. The topological polar surface area (TPSA) is 34.1 Å². The molecule has 0 saturated heterocycles. The highest BCUT2D eigenvalue weighted by atomic mass is 35.5. The van der Waals surface area contributed by atoms with E-state index >= 15 is 0 Å². The van der Waals surface area contributed by atoms with Gasteiger partial charge in [-0.25, -0.2) is 0 Å². The van der Waals surface area contributed by atoms with Gasteiger partial charge in [0, 0.05) is 15.3 Å². The zero-order valence-electron chi connectivity index (χ0n) is 7.42. The lowest BCUT2D eigenvalue weighted by Crippen LogP contribution is -1.99. The number of ketones is 1. The zero-order chi connectivity index (χ0) is 10.7. The lowest BCUT2D eigenvalue weighted by atomic mass is 10.2. The van der Waals surface area contributed by atoms with Gasteiger partial charge in [-0.3, -0.25) is 4.79 Å². The standard InChI is InChI=1S/C9H8Cl2O2S/c1-5-6(8(13)3-10)2-9(14-5)7(11)4-12/h2,4,7H,3H2,1H3. The fourth-order valence-electron chi connectivity index (χ4n) is 1.06. The van der Waals surface area contributed by atoms with Crippen LogP contribution in [-0.4, -0.2) is 17.9 Å². The van der Waals surface area contributed by atoms with Gasteiger partial charge >= 0.3 is 0 Å². The number of Topliss-reactive ketones (excluding diaryl/α,β-unsaturated/α-hetero) is 1. The normalized spacial score (nSPS) is 12.5. The average Bonchev–Trinajstić information content (AvgIpc) is 2.58. The molecule has 0 amide bonds. The van der Waals surface area contributed by atoms with E-state index in [2.05, 4.69) is 0 Å². The zero-order valence-corrected chi connectivity index (χ0v) is 9.75. The first kappa shape index (κ1) is 11.7. The maximum atomic E-state index is 11.3. The first-order valence-corrected chi connectivity index (χ1v) is 5.67. The van der Waals surface area contributed by atoms with Crippen molar-refractivity contribution in [1.82, 2.24) is 0 Å². The van der Waals surface area contributed by atoms with Crippen LogP contribution in [0.2, 0.25) is 0 Å². The van der Waals surface area contributed by atoms with Crippen molar-refractivity contribution in [2.75, 3.05) is 5.88 Å². The van der Waals surface area contributed by atoms with Gasteiger partial charge < -0.3 is 4.79 Å². The van der Waals surface area contributed by atoms with Crippen LogP contribution in [0.5, 0.6) is 0 Å². The van der Waals surface area contributed by atoms with Crippen LogP contribution in [0.4, 0.5) is 0 Å². The van der Waals surface area contributed by atoms with Gasteiger partial charge in [0.25, 0.3) is 0 Å². The molecule has 1 unspecified atom stereocenters. The van der Waals surface area contributed by atoms with Crippen molar-refractivity contribution in [1.29, 1.82) is 0 Å². The van der Waals surface area contributed by atoms with Crippen molar-refractivity contribution in [3.8, 4) is 0 Å². The summed E-state index contributed by atoms with van der Waals surface area (Å²) in [6.07, 6.45) is 0.641. The van der Waals surface area contributed by atoms with Gasteiger partial charge in [0.2, 0.25) is 0 Å². The Morgan fingerprint density at radius 1 is 1.71 bits per heavy atom. The third-order valence-electron chi connectivity index (χ3n) is 1.75. The molecule has 1 aromatic heterocycles. The Hall–Kier alpha value is -0.380. The largest absolute Gasteiger partial charge is 0.301 e. The molecule has 0 aliphatic heterocycles. The quantitative estimate of drug-likeness (QED) is 0.468. The fraction of sp³-hybridized carbons (Fsp3) is 0.333. The van der Waals surface area contributed by atoms with E-state index in [9.17, 15) is 9.59 Å². The Labute approximate surface area is 95.8 Å². The summed E-state index contributed by atoms with van der Waals surface area (Å²) in [6.45, 7) is 1.81. The van der Waals surface area contributed by atoms with Gasteiger partial charge in [-0.1, -0.05) is 0 Å². The number of aldehydes is 1. The minimum absolute atomic E-state index is 0.0505. The molecule has 0 radical (unpaired) electrons. The second-order valence-corrected chi connectivity index (χ2v) is 4.74. The molecule has 14 heavy (non-hydrogen) atoms. The van der Waals surface area contributed by atoms with Crippen molar-refractivity contribution in [2.45, 2.75) is 12.3 Å². The predicted octanol–water partition coefficient (Wildman–Crippen LogP) is 2.96. The number of hydrogen-bond donors (Lipinski definition) is 0. The van der Waals surface area contributed by atoms with Gasteiger partial charge in [-0.05, 0) is 13.0 Å². The van der Waals surface area contributed by atoms with Crippen molar-refractivity contribution in [3.63, 3.8) is 0 Å². The smallest absolute Gasteiger partial charge is 0.178 e. The SMILES string of the molecule is Cc1sc(C(Cl)C=O)cc1C(=O)CCl. The van der Waals surface area contributed by atoms with Crippen molar-refractivity contribution in [3.05, 3.63) is 21.4 Å². The monoisotopic (exact) mass is 250 g/mol. The molecule has 76 valence electrons. The molecule has 1 aromatic rings. The molecule has 5 heteroatoms. The number of halogens is 2. The summed E-state index contributed by atoms with van der Waals surface area (Å²) in [5, 5.41) is -0.671. The molecule has 0 N–H and O–H groups in total. The summed E-state index contributed by atoms with van der Waals surface area (Å²) in [4.78, 5) is 23.3. The van der Waals surface area contributed by atoms with Crippen molar-refractivity contribution >= 4 is 46.6 Å². The van der Waals surface area contributed by atoms with Gasteiger partial charge in [0.05, 0.1) is 5.88 Å². The number of hydrogen-bond acceptors (Lipinski definition) is 3. The van der Waals surface area contributed by atoms with Crippen LogP contribution in [0.3, 0.4) is 0 Å². The molecule has 0 saturated carbocycles. The molecular weight excluding hydrogens is 243 g/mol. The van der Waals surface area contributed by atoms with Crippen LogP contribution in [0.15, 0.2) is 6.07 Å². The molecule has 0 aliphatic carbocycles. The van der Waals surface area contributed by atoms with E-state index in [4.69, 9.17) is 23.2 Å². The molecule has 2 nitrogen and oxygen atoms in total. The molecular formula is C9H8Cl2O2S. The number of carbonyl (C=O) groups is 2. The third-order valence-corrected chi connectivity index (χ3v) is 3.59. The highest BCUT2D eigenvalue weighted by Gasteiger charge is 2.16.